The summed E-state index contributed by atoms with van der Waals surface area (Å²) in [5.41, 5.74) is 0. The molecule has 0 aromatic rings. The number of carbonyl (C=O) groups excluding carboxylic acids is 1. The van der Waals surface area contributed by atoms with Crippen molar-refractivity contribution in [3.05, 3.63) is 0 Å². The summed E-state index contributed by atoms with van der Waals surface area (Å²) < 4.78 is 39.4. The monoisotopic (exact) mass is 255 g/mol. The van der Waals surface area contributed by atoms with Gasteiger partial charge in [-0.15, -0.1) is 0 Å². The molecule has 1 aliphatic rings. The molecule has 1 rings (SSSR count). The van der Waals surface area contributed by atoms with Crippen molar-refractivity contribution in [3.8, 4) is 0 Å². The Bertz CT molecular complexity index is 305. The van der Waals surface area contributed by atoms with E-state index in [0.29, 0.717) is 6.42 Å². The zero-order chi connectivity index (χ0) is 13.1. The molecule has 0 saturated carbocycles. The van der Waals surface area contributed by atoms with Gasteiger partial charge >= 0.3 is 12.1 Å². The average Bonchev–Trinajstić information content (AvgIpc) is 2.63. The summed E-state index contributed by atoms with van der Waals surface area (Å²) in [6.45, 7) is -1.88. The van der Waals surface area contributed by atoms with E-state index >= 15 is 0 Å². The fourth-order valence-electron chi connectivity index (χ4n) is 1.53. The van der Waals surface area contributed by atoms with Crippen LogP contribution in [0.3, 0.4) is 0 Å². The average molecular weight is 255 g/mol. The second-order valence-electron chi connectivity index (χ2n) is 3.77. The first-order valence-corrected chi connectivity index (χ1v) is 4.94. The van der Waals surface area contributed by atoms with Gasteiger partial charge in [-0.3, -0.25) is 9.59 Å². The van der Waals surface area contributed by atoms with Gasteiger partial charge in [0.1, 0.15) is 13.2 Å². The highest BCUT2D eigenvalue weighted by Gasteiger charge is 2.32. The maximum Gasteiger partial charge on any atom is 0.411 e. The standard InChI is InChI=1S/C9H12F3NO4/c10-9(11,12)5-17-4-7(14)13-2-1-6(3-13)8(15)16/h6H,1-5H2,(H,15,16). The Morgan fingerprint density at radius 1 is 1.41 bits per heavy atom. The number of likely N-dealkylation sites (tertiary alicyclic amines) is 1. The highest BCUT2D eigenvalue weighted by atomic mass is 19.4. The van der Waals surface area contributed by atoms with E-state index in [1.165, 1.54) is 4.90 Å². The number of ether oxygens (including phenoxy) is 1. The summed E-state index contributed by atoms with van der Waals surface area (Å²) in [7, 11) is 0. The maximum atomic E-state index is 11.7. The van der Waals surface area contributed by atoms with Crippen LogP contribution in [0.1, 0.15) is 6.42 Å². The van der Waals surface area contributed by atoms with E-state index in [2.05, 4.69) is 4.74 Å². The predicted octanol–water partition coefficient (Wildman–Crippen LogP) is 0.498. The fourth-order valence-corrected chi connectivity index (χ4v) is 1.53. The van der Waals surface area contributed by atoms with Crippen LogP contribution in [0.15, 0.2) is 0 Å². The van der Waals surface area contributed by atoms with Crippen molar-refractivity contribution in [2.75, 3.05) is 26.3 Å². The summed E-state index contributed by atoms with van der Waals surface area (Å²) in [4.78, 5) is 23.1. The zero-order valence-corrected chi connectivity index (χ0v) is 8.87. The smallest absolute Gasteiger partial charge is 0.411 e. The summed E-state index contributed by atoms with van der Waals surface area (Å²) in [5.74, 6) is -2.25. The second kappa shape index (κ2) is 5.35. The van der Waals surface area contributed by atoms with Crippen LogP contribution in [0.4, 0.5) is 13.2 Å². The van der Waals surface area contributed by atoms with E-state index in [4.69, 9.17) is 5.11 Å². The number of carboxylic acid groups (broad SMARTS) is 1. The SMILES string of the molecule is O=C(O)C1CCN(C(=O)COCC(F)(F)F)C1. The number of carboxylic acids is 1. The van der Waals surface area contributed by atoms with Gasteiger partial charge in [0.2, 0.25) is 5.91 Å². The summed E-state index contributed by atoms with van der Waals surface area (Å²) in [6, 6.07) is 0. The molecule has 1 fully saturated rings. The van der Waals surface area contributed by atoms with Gasteiger partial charge in [-0.1, -0.05) is 0 Å². The fraction of sp³-hybridized carbons (Fsp3) is 0.778. The lowest BCUT2D eigenvalue weighted by Crippen LogP contribution is -2.34. The first kappa shape index (κ1) is 13.8. The molecule has 1 heterocycles. The Balaban J connectivity index is 2.28. The Morgan fingerprint density at radius 2 is 2.06 bits per heavy atom. The molecule has 17 heavy (non-hydrogen) atoms. The lowest BCUT2D eigenvalue weighted by molar-refractivity contribution is -0.177. The largest absolute Gasteiger partial charge is 0.481 e. The molecule has 1 N–H and O–H groups in total. The lowest BCUT2D eigenvalue weighted by Gasteiger charge is -2.16. The summed E-state index contributed by atoms with van der Waals surface area (Å²) in [6.07, 6.45) is -4.14. The molecular formula is C9H12F3NO4. The van der Waals surface area contributed by atoms with Crippen molar-refractivity contribution in [2.24, 2.45) is 5.92 Å². The molecule has 0 aliphatic carbocycles. The molecule has 0 radical (unpaired) electrons. The number of hydrogen-bond acceptors (Lipinski definition) is 3. The van der Waals surface area contributed by atoms with Crippen molar-refractivity contribution in [3.63, 3.8) is 0 Å². The summed E-state index contributed by atoms with van der Waals surface area (Å²) in [5, 5.41) is 8.68. The van der Waals surface area contributed by atoms with Gasteiger partial charge in [0.05, 0.1) is 5.92 Å². The number of halogens is 3. The van der Waals surface area contributed by atoms with Crippen LogP contribution in [0, 0.1) is 5.92 Å². The van der Waals surface area contributed by atoms with Gasteiger partial charge in [-0.25, -0.2) is 0 Å². The molecule has 1 unspecified atom stereocenters. The number of amides is 1. The van der Waals surface area contributed by atoms with Crippen LogP contribution in [-0.4, -0.2) is 54.4 Å². The highest BCUT2D eigenvalue weighted by molar-refractivity contribution is 5.79. The van der Waals surface area contributed by atoms with Crippen LogP contribution < -0.4 is 0 Å². The van der Waals surface area contributed by atoms with Crippen molar-refractivity contribution in [1.82, 2.24) is 4.90 Å². The third-order valence-electron chi connectivity index (χ3n) is 2.38. The minimum Gasteiger partial charge on any atom is -0.481 e. The van der Waals surface area contributed by atoms with Gasteiger partial charge in [0, 0.05) is 13.1 Å². The van der Waals surface area contributed by atoms with Gasteiger partial charge in [-0.05, 0) is 6.42 Å². The first-order valence-electron chi connectivity index (χ1n) is 4.94. The van der Waals surface area contributed by atoms with E-state index in [-0.39, 0.29) is 13.1 Å². The quantitative estimate of drug-likeness (QED) is 0.794. The third-order valence-corrected chi connectivity index (χ3v) is 2.38. The van der Waals surface area contributed by atoms with Crippen molar-refractivity contribution >= 4 is 11.9 Å². The lowest BCUT2D eigenvalue weighted by atomic mass is 10.1. The molecule has 0 aromatic carbocycles. The number of carbonyl (C=O) groups is 2. The Kier molecular flexibility index (Phi) is 4.33. The summed E-state index contributed by atoms with van der Waals surface area (Å²) >= 11 is 0. The van der Waals surface area contributed by atoms with Crippen molar-refractivity contribution in [1.29, 1.82) is 0 Å². The van der Waals surface area contributed by atoms with Crippen molar-refractivity contribution in [2.45, 2.75) is 12.6 Å². The van der Waals surface area contributed by atoms with Crippen LogP contribution >= 0.6 is 0 Å². The molecule has 1 saturated heterocycles. The van der Waals surface area contributed by atoms with E-state index in [0.717, 1.165) is 0 Å². The minimum atomic E-state index is -4.46. The van der Waals surface area contributed by atoms with Gasteiger partial charge in [0.15, 0.2) is 0 Å². The third kappa shape index (κ3) is 4.59. The number of alkyl halides is 3. The molecule has 8 heteroatoms. The van der Waals surface area contributed by atoms with Crippen LogP contribution in [0.5, 0.6) is 0 Å². The molecule has 0 spiro atoms. The predicted molar refractivity (Wildman–Crippen MR) is 49.2 cm³/mol. The second-order valence-corrected chi connectivity index (χ2v) is 3.77. The number of aliphatic carboxylic acids is 1. The van der Waals surface area contributed by atoms with Gasteiger partial charge < -0.3 is 14.7 Å². The number of hydrogen-bond donors (Lipinski definition) is 1. The van der Waals surface area contributed by atoms with E-state index in [1.807, 2.05) is 0 Å². The molecule has 98 valence electrons. The Hall–Kier alpha value is -1.31. The molecule has 1 aliphatic heterocycles. The number of rotatable bonds is 4. The molecule has 5 nitrogen and oxygen atoms in total. The van der Waals surface area contributed by atoms with Crippen molar-refractivity contribution < 1.29 is 32.6 Å². The zero-order valence-electron chi connectivity index (χ0n) is 8.87. The highest BCUT2D eigenvalue weighted by Crippen LogP contribution is 2.17. The van der Waals surface area contributed by atoms with Gasteiger partial charge in [-0.2, -0.15) is 13.2 Å². The molecule has 0 bridgehead atoms. The first-order chi connectivity index (χ1) is 7.79. The van der Waals surface area contributed by atoms with Crippen LogP contribution in [0.25, 0.3) is 0 Å². The Morgan fingerprint density at radius 3 is 2.53 bits per heavy atom. The molecule has 1 atom stereocenters. The van der Waals surface area contributed by atoms with Crippen LogP contribution in [0.2, 0.25) is 0 Å². The molecule has 1 amide bonds. The van der Waals surface area contributed by atoms with E-state index in [9.17, 15) is 22.8 Å². The van der Waals surface area contributed by atoms with E-state index in [1.54, 1.807) is 0 Å². The van der Waals surface area contributed by atoms with E-state index < -0.39 is 37.2 Å². The normalized spacial score (nSPS) is 20.6. The topological polar surface area (TPSA) is 66.8 Å². The van der Waals surface area contributed by atoms with Crippen LogP contribution in [-0.2, 0) is 14.3 Å². The number of nitrogens with zero attached hydrogens (tertiary/aromatic N) is 1. The van der Waals surface area contributed by atoms with Gasteiger partial charge in [0.25, 0.3) is 0 Å². The Labute approximate surface area is 95.1 Å². The molecular weight excluding hydrogens is 243 g/mol. The minimum absolute atomic E-state index is 0.0313. The molecule has 0 aromatic heterocycles. The maximum absolute atomic E-state index is 11.7.